The highest BCUT2D eigenvalue weighted by atomic mass is 16.5. The summed E-state index contributed by atoms with van der Waals surface area (Å²) in [6.45, 7) is 5.82. The maximum Gasteiger partial charge on any atom is 0.319 e. The van der Waals surface area contributed by atoms with Crippen molar-refractivity contribution < 1.29 is 9.53 Å². The summed E-state index contributed by atoms with van der Waals surface area (Å²) in [5, 5.41) is 3.20. The molecule has 0 aromatic carbocycles. The van der Waals surface area contributed by atoms with E-state index in [1.165, 1.54) is 39.2 Å². The molecule has 0 radical (unpaired) electrons. The lowest BCUT2D eigenvalue weighted by atomic mass is 9.71. The van der Waals surface area contributed by atoms with Crippen molar-refractivity contribution in [3.05, 3.63) is 0 Å². The Labute approximate surface area is 98.9 Å². The minimum absolute atomic E-state index is 0.181. The minimum Gasteiger partial charge on any atom is -0.468 e. The zero-order chi connectivity index (χ0) is 12.0. The lowest BCUT2D eigenvalue weighted by Crippen LogP contribution is -2.38. The molecule has 94 valence electrons. The average Bonchev–Trinajstić information content (AvgIpc) is 2.30. The third-order valence-corrected chi connectivity index (χ3v) is 3.79. The number of rotatable bonds is 5. The second-order valence-electron chi connectivity index (χ2n) is 5.50. The molecule has 0 bridgehead atoms. The Bertz CT molecular complexity index is 220. The summed E-state index contributed by atoms with van der Waals surface area (Å²) < 4.78 is 4.61. The molecule has 0 saturated heterocycles. The summed E-state index contributed by atoms with van der Waals surface area (Å²) in [4.78, 5) is 11.0. The molecule has 1 aliphatic rings. The summed E-state index contributed by atoms with van der Waals surface area (Å²) in [5.74, 6) is 0.617. The smallest absolute Gasteiger partial charge is 0.319 e. The van der Waals surface area contributed by atoms with E-state index in [1.54, 1.807) is 0 Å². The van der Waals surface area contributed by atoms with E-state index in [0.29, 0.717) is 6.54 Å². The van der Waals surface area contributed by atoms with Gasteiger partial charge in [0, 0.05) is 6.54 Å². The predicted molar refractivity (Wildman–Crippen MR) is 65.2 cm³/mol. The van der Waals surface area contributed by atoms with E-state index in [4.69, 9.17) is 0 Å². The van der Waals surface area contributed by atoms with E-state index in [1.807, 2.05) is 0 Å². The number of nitrogens with one attached hydrogen (secondary N) is 1. The molecule has 0 unspecified atom stereocenters. The van der Waals surface area contributed by atoms with Crippen LogP contribution in [0.2, 0.25) is 0 Å². The Morgan fingerprint density at radius 3 is 2.50 bits per heavy atom. The molecule has 1 N–H and O–H groups in total. The van der Waals surface area contributed by atoms with E-state index >= 15 is 0 Å². The third kappa shape index (κ3) is 4.12. The van der Waals surface area contributed by atoms with Crippen LogP contribution in [0.1, 0.15) is 46.0 Å². The third-order valence-electron chi connectivity index (χ3n) is 3.79. The maximum absolute atomic E-state index is 11.0. The molecule has 0 amide bonds. The molecule has 0 spiro atoms. The largest absolute Gasteiger partial charge is 0.468 e. The number of hydrogen-bond acceptors (Lipinski definition) is 3. The Hall–Kier alpha value is -0.570. The topological polar surface area (TPSA) is 38.3 Å². The summed E-state index contributed by atoms with van der Waals surface area (Å²) in [6.07, 6.45) is 6.80. The highest BCUT2D eigenvalue weighted by molar-refractivity contribution is 5.71. The molecule has 1 saturated carbocycles. The van der Waals surface area contributed by atoms with Gasteiger partial charge in [0.05, 0.1) is 13.7 Å². The fourth-order valence-electron chi connectivity index (χ4n) is 2.59. The van der Waals surface area contributed by atoms with Gasteiger partial charge in [-0.25, -0.2) is 0 Å². The van der Waals surface area contributed by atoms with Gasteiger partial charge in [-0.2, -0.15) is 0 Å². The van der Waals surface area contributed by atoms with Crippen LogP contribution in [-0.4, -0.2) is 26.2 Å². The molecular weight excluding hydrogens is 202 g/mol. The first-order valence-corrected chi connectivity index (χ1v) is 6.34. The van der Waals surface area contributed by atoms with Crippen molar-refractivity contribution in [3.63, 3.8) is 0 Å². The molecule has 0 aromatic rings. The van der Waals surface area contributed by atoms with E-state index in [0.717, 1.165) is 12.5 Å². The average molecular weight is 227 g/mol. The predicted octanol–water partition coefficient (Wildman–Crippen LogP) is 2.36. The molecule has 0 aromatic heterocycles. The van der Waals surface area contributed by atoms with Crippen molar-refractivity contribution in [2.45, 2.75) is 46.0 Å². The monoisotopic (exact) mass is 227 g/mol. The molecule has 3 nitrogen and oxygen atoms in total. The van der Waals surface area contributed by atoms with Gasteiger partial charge >= 0.3 is 5.97 Å². The first kappa shape index (κ1) is 13.5. The molecule has 3 heteroatoms. The van der Waals surface area contributed by atoms with Crippen molar-refractivity contribution in [2.24, 2.45) is 11.3 Å². The first-order chi connectivity index (χ1) is 7.56. The van der Waals surface area contributed by atoms with Crippen molar-refractivity contribution >= 4 is 5.97 Å². The molecule has 1 rings (SSSR count). The Kier molecular flexibility index (Phi) is 5.26. The molecular formula is C13H25NO2. The lowest BCUT2D eigenvalue weighted by Gasteiger charge is -2.37. The van der Waals surface area contributed by atoms with Crippen LogP contribution in [0.15, 0.2) is 0 Å². The standard InChI is InChI=1S/C13H25NO2/c1-13(2,10-14-9-12(15)16-3)11-7-5-4-6-8-11/h11,14H,4-10H2,1-3H3. The zero-order valence-electron chi connectivity index (χ0n) is 10.8. The molecule has 1 aliphatic carbocycles. The summed E-state index contributed by atoms with van der Waals surface area (Å²) in [5.41, 5.74) is 0.286. The molecule has 0 atom stereocenters. The highest BCUT2D eigenvalue weighted by Gasteiger charge is 2.30. The van der Waals surface area contributed by atoms with Crippen molar-refractivity contribution in [3.8, 4) is 0 Å². The van der Waals surface area contributed by atoms with Gasteiger partial charge < -0.3 is 10.1 Å². The summed E-state index contributed by atoms with van der Waals surface area (Å²) in [7, 11) is 1.43. The van der Waals surface area contributed by atoms with Gasteiger partial charge in [-0.15, -0.1) is 0 Å². The lowest BCUT2D eigenvalue weighted by molar-refractivity contribution is -0.139. The van der Waals surface area contributed by atoms with Crippen LogP contribution in [-0.2, 0) is 9.53 Å². The Balaban J connectivity index is 2.29. The quantitative estimate of drug-likeness (QED) is 0.733. The van der Waals surface area contributed by atoms with E-state index in [2.05, 4.69) is 23.9 Å². The molecule has 0 aliphatic heterocycles. The number of carbonyl (C=O) groups is 1. The van der Waals surface area contributed by atoms with Gasteiger partial charge in [0.2, 0.25) is 0 Å². The van der Waals surface area contributed by atoms with Gasteiger partial charge in [0.25, 0.3) is 0 Å². The van der Waals surface area contributed by atoms with Crippen molar-refractivity contribution in [1.82, 2.24) is 5.32 Å². The molecule has 0 heterocycles. The number of carbonyl (C=O) groups excluding carboxylic acids is 1. The van der Waals surface area contributed by atoms with E-state index in [9.17, 15) is 4.79 Å². The van der Waals surface area contributed by atoms with Crippen LogP contribution in [0.4, 0.5) is 0 Å². The normalized spacial score (nSPS) is 18.4. The number of esters is 1. The van der Waals surface area contributed by atoms with Gasteiger partial charge in [0.15, 0.2) is 0 Å². The van der Waals surface area contributed by atoms with Gasteiger partial charge in [0.1, 0.15) is 0 Å². The van der Waals surface area contributed by atoms with Crippen LogP contribution in [0.5, 0.6) is 0 Å². The minimum atomic E-state index is -0.181. The SMILES string of the molecule is COC(=O)CNCC(C)(C)C1CCCCC1. The van der Waals surface area contributed by atoms with Crippen LogP contribution in [0.25, 0.3) is 0 Å². The summed E-state index contributed by atoms with van der Waals surface area (Å²) >= 11 is 0. The Morgan fingerprint density at radius 1 is 1.31 bits per heavy atom. The number of hydrogen-bond donors (Lipinski definition) is 1. The molecule has 16 heavy (non-hydrogen) atoms. The van der Waals surface area contributed by atoms with Gasteiger partial charge in [-0.1, -0.05) is 33.1 Å². The van der Waals surface area contributed by atoms with Crippen molar-refractivity contribution in [1.29, 1.82) is 0 Å². The second kappa shape index (κ2) is 6.24. The molecule has 1 fully saturated rings. The first-order valence-electron chi connectivity index (χ1n) is 6.34. The van der Waals surface area contributed by atoms with Crippen LogP contribution >= 0.6 is 0 Å². The summed E-state index contributed by atoms with van der Waals surface area (Å²) in [6, 6.07) is 0. The van der Waals surface area contributed by atoms with E-state index < -0.39 is 0 Å². The zero-order valence-corrected chi connectivity index (χ0v) is 10.8. The number of methoxy groups -OCH3 is 1. The maximum atomic E-state index is 11.0. The highest BCUT2D eigenvalue weighted by Crippen LogP contribution is 2.37. The van der Waals surface area contributed by atoms with Crippen LogP contribution in [0, 0.1) is 11.3 Å². The second-order valence-corrected chi connectivity index (χ2v) is 5.50. The van der Waals surface area contributed by atoms with E-state index in [-0.39, 0.29) is 11.4 Å². The number of ether oxygens (including phenoxy) is 1. The van der Waals surface area contributed by atoms with Crippen molar-refractivity contribution in [2.75, 3.05) is 20.2 Å². The van der Waals surface area contributed by atoms with Gasteiger partial charge in [-0.3, -0.25) is 4.79 Å². The van der Waals surface area contributed by atoms with Crippen LogP contribution < -0.4 is 5.32 Å². The Morgan fingerprint density at radius 2 is 1.94 bits per heavy atom. The van der Waals surface area contributed by atoms with Gasteiger partial charge in [-0.05, 0) is 24.2 Å². The fourth-order valence-corrected chi connectivity index (χ4v) is 2.59. The fraction of sp³-hybridized carbons (Fsp3) is 0.923. The van der Waals surface area contributed by atoms with Crippen LogP contribution in [0.3, 0.4) is 0 Å².